The van der Waals surface area contributed by atoms with Crippen LogP contribution < -0.4 is 0 Å². The highest BCUT2D eigenvalue weighted by molar-refractivity contribution is 7.10. The van der Waals surface area contributed by atoms with Crippen molar-refractivity contribution in [3.05, 3.63) is 21.3 Å². The molecule has 0 saturated carbocycles. The summed E-state index contributed by atoms with van der Waals surface area (Å²) in [5.74, 6) is -5.83. The van der Waals surface area contributed by atoms with Crippen LogP contribution in [0.3, 0.4) is 0 Å². The van der Waals surface area contributed by atoms with Crippen molar-refractivity contribution < 1.29 is 18.7 Å². The maximum atomic E-state index is 12.6. The molecule has 1 aromatic rings. The molecule has 0 unspecified atom stereocenters. The SMILES string of the molecule is O=C(O)C(F)(F)Cc1cc(Cl)cs1. The van der Waals surface area contributed by atoms with Gasteiger partial charge in [0.05, 0.1) is 11.4 Å². The van der Waals surface area contributed by atoms with E-state index in [9.17, 15) is 13.6 Å². The van der Waals surface area contributed by atoms with Crippen molar-refractivity contribution in [2.45, 2.75) is 12.3 Å². The van der Waals surface area contributed by atoms with E-state index < -0.39 is 18.3 Å². The lowest BCUT2D eigenvalue weighted by molar-refractivity contribution is -0.164. The molecular formula is C7H5ClF2O2S. The molecule has 0 aliphatic heterocycles. The highest BCUT2D eigenvalue weighted by Gasteiger charge is 2.39. The zero-order chi connectivity index (χ0) is 10.1. The normalized spacial score (nSPS) is 11.6. The number of hydrogen-bond acceptors (Lipinski definition) is 2. The van der Waals surface area contributed by atoms with Gasteiger partial charge in [-0.2, -0.15) is 8.78 Å². The molecule has 0 aliphatic carbocycles. The van der Waals surface area contributed by atoms with E-state index in [1.807, 2.05) is 0 Å². The molecule has 0 radical (unpaired) electrons. The molecule has 0 saturated heterocycles. The van der Waals surface area contributed by atoms with Crippen LogP contribution in [0.4, 0.5) is 8.78 Å². The van der Waals surface area contributed by atoms with Crippen molar-refractivity contribution in [2.75, 3.05) is 0 Å². The first kappa shape index (κ1) is 10.4. The van der Waals surface area contributed by atoms with Crippen LogP contribution in [0, 0.1) is 0 Å². The van der Waals surface area contributed by atoms with Gasteiger partial charge in [0.25, 0.3) is 0 Å². The largest absolute Gasteiger partial charge is 0.477 e. The number of hydrogen-bond donors (Lipinski definition) is 1. The molecule has 0 spiro atoms. The summed E-state index contributed by atoms with van der Waals surface area (Å²) in [4.78, 5) is 10.3. The Balaban J connectivity index is 2.74. The number of aliphatic carboxylic acids is 1. The summed E-state index contributed by atoms with van der Waals surface area (Å²) in [6.45, 7) is 0. The molecule has 0 amide bonds. The summed E-state index contributed by atoms with van der Waals surface area (Å²) in [7, 11) is 0. The van der Waals surface area contributed by atoms with Gasteiger partial charge in [-0.25, -0.2) is 4.79 Å². The Bertz CT molecular complexity index is 324. The van der Waals surface area contributed by atoms with E-state index in [2.05, 4.69) is 0 Å². The van der Waals surface area contributed by atoms with Gasteiger partial charge < -0.3 is 5.11 Å². The van der Waals surface area contributed by atoms with E-state index in [1.54, 1.807) is 0 Å². The molecule has 0 atom stereocenters. The molecule has 1 heterocycles. The van der Waals surface area contributed by atoms with E-state index in [-0.39, 0.29) is 4.88 Å². The number of carboxylic acid groups (broad SMARTS) is 1. The van der Waals surface area contributed by atoms with Crippen LogP contribution in [0.2, 0.25) is 5.02 Å². The topological polar surface area (TPSA) is 37.3 Å². The van der Waals surface area contributed by atoms with E-state index in [0.29, 0.717) is 5.02 Å². The standard InChI is InChI=1S/C7H5ClF2O2S/c8-4-1-5(13-3-4)2-7(9,10)6(11)12/h1,3H,2H2,(H,11,12). The first-order chi connectivity index (χ1) is 5.92. The molecule has 0 aliphatic rings. The second-order valence-electron chi connectivity index (χ2n) is 2.42. The van der Waals surface area contributed by atoms with Crippen molar-refractivity contribution in [3.63, 3.8) is 0 Å². The van der Waals surface area contributed by atoms with Crippen molar-refractivity contribution in [1.29, 1.82) is 0 Å². The Labute approximate surface area is 81.8 Å². The predicted molar refractivity (Wildman–Crippen MR) is 45.6 cm³/mol. The number of rotatable bonds is 3. The molecule has 0 bridgehead atoms. The lowest BCUT2D eigenvalue weighted by Gasteiger charge is -2.08. The van der Waals surface area contributed by atoms with Crippen LogP contribution in [0.15, 0.2) is 11.4 Å². The van der Waals surface area contributed by atoms with Crippen LogP contribution in [0.25, 0.3) is 0 Å². The van der Waals surface area contributed by atoms with Crippen LogP contribution >= 0.6 is 22.9 Å². The fourth-order valence-corrected chi connectivity index (χ4v) is 1.86. The third kappa shape index (κ3) is 2.63. The summed E-state index contributed by atoms with van der Waals surface area (Å²) in [5, 5.41) is 9.96. The molecule has 72 valence electrons. The molecule has 13 heavy (non-hydrogen) atoms. The van der Waals surface area contributed by atoms with Gasteiger partial charge in [-0.15, -0.1) is 11.3 Å². The van der Waals surface area contributed by atoms with Gasteiger partial charge in [0.2, 0.25) is 0 Å². The predicted octanol–water partition coefficient (Wildman–Crippen LogP) is 2.66. The van der Waals surface area contributed by atoms with E-state index in [1.165, 1.54) is 11.4 Å². The zero-order valence-corrected chi connectivity index (χ0v) is 7.83. The highest BCUT2D eigenvalue weighted by Crippen LogP contribution is 2.26. The Morgan fingerprint density at radius 2 is 2.31 bits per heavy atom. The fourth-order valence-electron chi connectivity index (χ4n) is 0.741. The lowest BCUT2D eigenvalue weighted by atomic mass is 10.2. The Hall–Kier alpha value is -0.680. The smallest absolute Gasteiger partial charge is 0.374 e. The minimum absolute atomic E-state index is 0.261. The van der Waals surface area contributed by atoms with Crippen molar-refractivity contribution in [2.24, 2.45) is 0 Å². The monoisotopic (exact) mass is 226 g/mol. The summed E-state index contributed by atoms with van der Waals surface area (Å²) in [5.41, 5.74) is 0. The first-order valence-corrected chi connectivity index (χ1v) is 4.52. The number of carbonyl (C=O) groups is 1. The van der Waals surface area contributed by atoms with Gasteiger partial charge in [0.15, 0.2) is 0 Å². The lowest BCUT2D eigenvalue weighted by Crippen LogP contribution is -2.30. The average Bonchev–Trinajstić information content (AvgIpc) is 2.34. The summed E-state index contributed by atoms with van der Waals surface area (Å²) < 4.78 is 25.2. The van der Waals surface area contributed by atoms with Crippen LogP contribution in [-0.4, -0.2) is 17.0 Å². The van der Waals surface area contributed by atoms with Crippen LogP contribution in [0.1, 0.15) is 4.88 Å². The quantitative estimate of drug-likeness (QED) is 0.860. The van der Waals surface area contributed by atoms with Gasteiger partial charge in [0, 0.05) is 10.3 Å². The Morgan fingerprint density at radius 1 is 1.69 bits per heavy atom. The molecule has 1 aromatic heterocycles. The summed E-state index contributed by atoms with van der Waals surface area (Å²) in [6, 6.07) is 1.34. The first-order valence-electron chi connectivity index (χ1n) is 3.26. The zero-order valence-electron chi connectivity index (χ0n) is 6.26. The fraction of sp³-hybridized carbons (Fsp3) is 0.286. The minimum Gasteiger partial charge on any atom is -0.477 e. The minimum atomic E-state index is -3.71. The molecule has 0 fully saturated rings. The Kier molecular flexibility index (Phi) is 2.87. The van der Waals surface area contributed by atoms with Crippen LogP contribution in [-0.2, 0) is 11.2 Å². The Morgan fingerprint density at radius 3 is 2.69 bits per heavy atom. The third-order valence-electron chi connectivity index (χ3n) is 1.33. The molecule has 6 heteroatoms. The molecular weight excluding hydrogens is 222 g/mol. The molecule has 2 nitrogen and oxygen atoms in total. The van der Waals surface area contributed by atoms with E-state index in [4.69, 9.17) is 16.7 Å². The van der Waals surface area contributed by atoms with Gasteiger partial charge in [-0.05, 0) is 6.07 Å². The van der Waals surface area contributed by atoms with Gasteiger partial charge in [0.1, 0.15) is 0 Å². The van der Waals surface area contributed by atoms with E-state index >= 15 is 0 Å². The second-order valence-corrected chi connectivity index (χ2v) is 3.85. The summed E-state index contributed by atoms with van der Waals surface area (Å²) >= 11 is 6.51. The number of halogens is 3. The van der Waals surface area contributed by atoms with Crippen molar-refractivity contribution >= 4 is 28.9 Å². The molecule has 1 N–H and O–H groups in total. The van der Waals surface area contributed by atoms with Gasteiger partial charge in [-0.3, -0.25) is 0 Å². The molecule has 0 aromatic carbocycles. The maximum Gasteiger partial charge on any atom is 0.374 e. The van der Waals surface area contributed by atoms with Crippen molar-refractivity contribution in [1.82, 2.24) is 0 Å². The maximum absolute atomic E-state index is 12.6. The third-order valence-corrected chi connectivity index (χ3v) is 2.62. The molecule has 1 rings (SSSR count). The second kappa shape index (κ2) is 3.59. The van der Waals surface area contributed by atoms with Crippen LogP contribution in [0.5, 0.6) is 0 Å². The van der Waals surface area contributed by atoms with E-state index in [0.717, 1.165) is 11.3 Å². The number of thiophene rings is 1. The number of alkyl halides is 2. The highest BCUT2D eigenvalue weighted by atomic mass is 35.5. The average molecular weight is 227 g/mol. The van der Waals surface area contributed by atoms with Crippen molar-refractivity contribution in [3.8, 4) is 0 Å². The van der Waals surface area contributed by atoms with Gasteiger partial charge in [-0.1, -0.05) is 11.6 Å². The summed E-state index contributed by atoms with van der Waals surface area (Å²) in [6.07, 6.45) is -0.806. The number of carboxylic acids is 1. The van der Waals surface area contributed by atoms with Gasteiger partial charge >= 0.3 is 11.9 Å².